The van der Waals surface area contributed by atoms with E-state index >= 15 is 0 Å². The van der Waals surface area contributed by atoms with E-state index in [0.29, 0.717) is 12.4 Å². The summed E-state index contributed by atoms with van der Waals surface area (Å²) in [4.78, 5) is 12.0. The van der Waals surface area contributed by atoms with Crippen molar-refractivity contribution in [2.24, 2.45) is 0 Å². The second-order valence-electron chi connectivity index (χ2n) is 5.62. The summed E-state index contributed by atoms with van der Waals surface area (Å²) >= 11 is 0. The van der Waals surface area contributed by atoms with E-state index in [1.165, 1.54) is 7.11 Å². The Bertz CT molecular complexity index is 903. The molecule has 0 unspecified atom stereocenters. The van der Waals surface area contributed by atoms with E-state index in [-0.39, 0.29) is 18.3 Å². The van der Waals surface area contributed by atoms with Crippen LogP contribution < -0.4 is 4.74 Å². The van der Waals surface area contributed by atoms with E-state index in [1.54, 1.807) is 36.0 Å². The molecule has 1 aromatic heterocycles. The van der Waals surface area contributed by atoms with Crippen molar-refractivity contribution in [2.75, 3.05) is 13.7 Å². The molecule has 134 valence electrons. The van der Waals surface area contributed by atoms with Crippen molar-refractivity contribution in [3.8, 4) is 33.9 Å². The normalized spacial score (nSPS) is 10.5. The minimum atomic E-state index is -0.345. The van der Waals surface area contributed by atoms with Crippen LogP contribution in [-0.4, -0.2) is 34.6 Å². The molecular formula is C20H20N2O4. The predicted octanol–water partition coefficient (Wildman–Crippen LogP) is 3.49. The number of nitrogens with zero attached hydrogens (tertiary/aromatic N) is 2. The molecule has 0 radical (unpaired) electrons. The Morgan fingerprint density at radius 2 is 1.92 bits per heavy atom. The van der Waals surface area contributed by atoms with E-state index < -0.39 is 0 Å². The lowest BCUT2D eigenvalue weighted by Crippen LogP contribution is -2.15. The van der Waals surface area contributed by atoms with Gasteiger partial charge in [-0.1, -0.05) is 36.4 Å². The fraction of sp³-hybridized carbons (Fsp3) is 0.200. The van der Waals surface area contributed by atoms with Gasteiger partial charge in [-0.15, -0.1) is 0 Å². The molecule has 6 nitrogen and oxygen atoms in total. The van der Waals surface area contributed by atoms with Crippen LogP contribution >= 0.6 is 0 Å². The molecule has 0 atom stereocenters. The summed E-state index contributed by atoms with van der Waals surface area (Å²) < 4.78 is 11.9. The zero-order chi connectivity index (χ0) is 18.5. The number of ether oxygens (including phenoxy) is 2. The second-order valence-corrected chi connectivity index (χ2v) is 5.62. The van der Waals surface area contributed by atoms with Crippen molar-refractivity contribution in [1.82, 2.24) is 9.78 Å². The minimum Gasteiger partial charge on any atom is -0.504 e. The summed E-state index contributed by atoms with van der Waals surface area (Å²) in [6, 6.07) is 14.8. The van der Waals surface area contributed by atoms with Crippen molar-refractivity contribution in [1.29, 1.82) is 0 Å². The van der Waals surface area contributed by atoms with Gasteiger partial charge in [0.25, 0.3) is 0 Å². The summed E-state index contributed by atoms with van der Waals surface area (Å²) in [5, 5.41) is 14.2. The molecule has 1 heterocycles. The highest BCUT2D eigenvalue weighted by Crippen LogP contribution is 2.36. The monoisotopic (exact) mass is 352 g/mol. The van der Waals surface area contributed by atoms with Gasteiger partial charge in [0.05, 0.1) is 25.6 Å². The highest BCUT2D eigenvalue weighted by molar-refractivity contribution is 5.83. The van der Waals surface area contributed by atoms with E-state index in [0.717, 1.165) is 22.4 Å². The van der Waals surface area contributed by atoms with E-state index in [2.05, 4.69) is 5.10 Å². The number of aromatic hydroxyl groups is 1. The Labute approximate surface area is 151 Å². The molecule has 2 aromatic carbocycles. The Kier molecular flexibility index (Phi) is 5.22. The van der Waals surface area contributed by atoms with Gasteiger partial charge < -0.3 is 14.6 Å². The van der Waals surface area contributed by atoms with Crippen LogP contribution in [-0.2, 0) is 16.1 Å². The number of carbonyl (C=O) groups is 1. The van der Waals surface area contributed by atoms with Crippen LogP contribution in [0.5, 0.6) is 11.5 Å². The molecule has 3 rings (SSSR count). The highest BCUT2D eigenvalue weighted by atomic mass is 16.5. The number of benzene rings is 2. The maximum absolute atomic E-state index is 12.0. The number of phenolic OH excluding ortho intramolecular Hbond substituents is 1. The Hall–Kier alpha value is -3.28. The second kappa shape index (κ2) is 7.74. The topological polar surface area (TPSA) is 73.6 Å². The van der Waals surface area contributed by atoms with Crippen molar-refractivity contribution < 1.29 is 19.4 Å². The fourth-order valence-corrected chi connectivity index (χ4v) is 2.79. The van der Waals surface area contributed by atoms with E-state index in [4.69, 9.17) is 9.47 Å². The van der Waals surface area contributed by atoms with Crippen molar-refractivity contribution in [2.45, 2.75) is 13.5 Å². The van der Waals surface area contributed by atoms with Gasteiger partial charge in [-0.3, -0.25) is 9.48 Å². The van der Waals surface area contributed by atoms with Crippen molar-refractivity contribution in [3.63, 3.8) is 0 Å². The molecule has 0 saturated carbocycles. The summed E-state index contributed by atoms with van der Waals surface area (Å²) in [5.74, 6) is 0.0960. The van der Waals surface area contributed by atoms with E-state index in [1.807, 2.05) is 30.3 Å². The summed E-state index contributed by atoms with van der Waals surface area (Å²) in [6.07, 6.45) is 1.70. The van der Waals surface area contributed by atoms with Gasteiger partial charge in [-0.05, 0) is 24.6 Å². The molecule has 0 amide bonds. The van der Waals surface area contributed by atoms with Crippen LogP contribution in [0.25, 0.3) is 22.4 Å². The van der Waals surface area contributed by atoms with Gasteiger partial charge in [0.2, 0.25) is 0 Å². The predicted molar refractivity (Wildman–Crippen MR) is 97.9 cm³/mol. The van der Waals surface area contributed by atoms with Gasteiger partial charge >= 0.3 is 5.97 Å². The van der Waals surface area contributed by atoms with Crippen LogP contribution in [0.15, 0.2) is 54.7 Å². The van der Waals surface area contributed by atoms with Gasteiger partial charge in [0.1, 0.15) is 6.54 Å². The fourth-order valence-electron chi connectivity index (χ4n) is 2.79. The van der Waals surface area contributed by atoms with E-state index in [9.17, 15) is 9.90 Å². The zero-order valence-corrected chi connectivity index (χ0v) is 14.7. The first kappa shape index (κ1) is 17.5. The summed E-state index contributed by atoms with van der Waals surface area (Å²) in [7, 11) is 1.50. The lowest BCUT2D eigenvalue weighted by Gasteiger charge is -2.11. The van der Waals surface area contributed by atoms with Crippen LogP contribution in [0.3, 0.4) is 0 Å². The Morgan fingerprint density at radius 3 is 2.62 bits per heavy atom. The van der Waals surface area contributed by atoms with Crippen LogP contribution in [0.4, 0.5) is 0 Å². The Morgan fingerprint density at radius 1 is 1.15 bits per heavy atom. The molecule has 6 heteroatoms. The van der Waals surface area contributed by atoms with Crippen LogP contribution in [0.1, 0.15) is 6.92 Å². The SMILES string of the molecule is CCOC(=O)Cn1ncc(-c2ccc(O)c(OC)c2)c1-c1ccccc1. The molecule has 26 heavy (non-hydrogen) atoms. The van der Waals surface area contributed by atoms with Crippen LogP contribution in [0.2, 0.25) is 0 Å². The quantitative estimate of drug-likeness (QED) is 0.688. The van der Waals surface area contributed by atoms with Gasteiger partial charge in [0, 0.05) is 11.1 Å². The van der Waals surface area contributed by atoms with Gasteiger partial charge in [-0.25, -0.2) is 0 Å². The molecule has 0 saturated heterocycles. The first-order valence-electron chi connectivity index (χ1n) is 8.28. The molecule has 1 N–H and O–H groups in total. The lowest BCUT2D eigenvalue weighted by molar-refractivity contribution is -0.144. The number of esters is 1. The molecule has 3 aromatic rings. The molecule has 0 aliphatic carbocycles. The number of hydrogen-bond acceptors (Lipinski definition) is 5. The third-order valence-electron chi connectivity index (χ3n) is 3.96. The van der Waals surface area contributed by atoms with Crippen LogP contribution in [0, 0.1) is 0 Å². The van der Waals surface area contributed by atoms with Crippen molar-refractivity contribution >= 4 is 5.97 Å². The largest absolute Gasteiger partial charge is 0.504 e. The molecule has 0 bridgehead atoms. The maximum Gasteiger partial charge on any atom is 0.327 e. The number of aromatic nitrogens is 2. The summed E-state index contributed by atoms with van der Waals surface area (Å²) in [5.41, 5.74) is 3.38. The lowest BCUT2D eigenvalue weighted by atomic mass is 10.0. The maximum atomic E-state index is 12.0. The number of rotatable bonds is 6. The number of hydrogen-bond donors (Lipinski definition) is 1. The number of carbonyl (C=O) groups excluding carboxylic acids is 1. The van der Waals surface area contributed by atoms with Crippen molar-refractivity contribution in [3.05, 3.63) is 54.7 Å². The smallest absolute Gasteiger partial charge is 0.327 e. The third-order valence-corrected chi connectivity index (χ3v) is 3.96. The summed E-state index contributed by atoms with van der Waals surface area (Å²) in [6.45, 7) is 2.11. The standard InChI is InChI=1S/C20H20N2O4/c1-3-26-19(24)13-22-20(14-7-5-4-6-8-14)16(12-21-22)15-9-10-17(23)18(11-15)25-2/h4-12,23H,3,13H2,1-2H3. The molecule has 0 spiro atoms. The highest BCUT2D eigenvalue weighted by Gasteiger charge is 2.18. The molecule has 0 aliphatic heterocycles. The van der Waals surface area contributed by atoms with Gasteiger partial charge in [-0.2, -0.15) is 5.10 Å². The zero-order valence-electron chi connectivity index (χ0n) is 14.7. The molecular weight excluding hydrogens is 332 g/mol. The van der Waals surface area contributed by atoms with Gasteiger partial charge in [0.15, 0.2) is 11.5 Å². The minimum absolute atomic E-state index is 0.0211. The third kappa shape index (κ3) is 3.54. The molecule has 0 aliphatic rings. The Balaban J connectivity index is 2.11. The number of methoxy groups -OCH3 is 1. The number of phenols is 1. The first-order chi connectivity index (χ1) is 12.6. The molecule has 0 fully saturated rings. The average molecular weight is 352 g/mol. The first-order valence-corrected chi connectivity index (χ1v) is 8.28. The average Bonchev–Trinajstić information content (AvgIpc) is 3.06.